The lowest BCUT2D eigenvalue weighted by molar-refractivity contribution is -0.138. The summed E-state index contributed by atoms with van der Waals surface area (Å²) in [6, 6.07) is 9.72. The first-order valence-corrected chi connectivity index (χ1v) is 5.31. The summed E-state index contributed by atoms with van der Waals surface area (Å²) >= 11 is 0. The molecule has 0 spiro atoms. The van der Waals surface area contributed by atoms with E-state index in [9.17, 15) is 4.79 Å². The Labute approximate surface area is 96.1 Å². The minimum Gasteiger partial charge on any atom is -0.463 e. The lowest BCUT2D eigenvalue weighted by Crippen LogP contribution is -2.10. The van der Waals surface area contributed by atoms with Crippen LogP contribution in [0.15, 0.2) is 41.6 Å². The van der Waals surface area contributed by atoms with Gasteiger partial charge in [-0.3, -0.25) is 0 Å². The van der Waals surface area contributed by atoms with E-state index in [1.807, 2.05) is 37.3 Å². The van der Waals surface area contributed by atoms with E-state index >= 15 is 0 Å². The van der Waals surface area contributed by atoms with Gasteiger partial charge >= 0.3 is 5.97 Å². The van der Waals surface area contributed by atoms with Crippen LogP contribution in [0.4, 0.5) is 5.69 Å². The third kappa shape index (κ3) is 3.42. The summed E-state index contributed by atoms with van der Waals surface area (Å²) in [5, 5.41) is 3.16. The van der Waals surface area contributed by atoms with Crippen LogP contribution in [0.3, 0.4) is 0 Å². The molecule has 86 valence electrons. The van der Waals surface area contributed by atoms with E-state index in [0.29, 0.717) is 12.2 Å². The van der Waals surface area contributed by atoms with E-state index < -0.39 is 0 Å². The van der Waals surface area contributed by atoms with E-state index in [2.05, 4.69) is 5.32 Å². The largest absolute Gasteiger partial charge is 0.463 e. The van der Waals surface area contributed by atoms with Gasteiger partial charge in [0, 0.05) is 11.4 Å². The normalized spacial score (nSPS) is 11.7. The Kier molecular flexibility index (Phi) is 4.58. The van der Waals surface area contributed by atoms with Crippen molar-refractivity contribution in [2.45, 2.75) is 20.8 Å². The first-order valence-electron chi connectivity index (χ1n) is 5.31. The van der Waals surface area contributed by atoms with Crippen molar-refractivity contribution in [3.8, 4) is 0 Å². The van der Waals surface area contributed by atoms with Crippen molar-refractivity contribution in [1.29, 1.82) is 0 Å². The van der Waals surface area contributed by atoms with Gasteiger partial charge in [0.05, 0.1) is 12.2 Å². The lowest BCUT2D eigenvalue weighted by atomic mass is 10.2. The lowest BCUT2D eigenvalue weighted by Gasteiger charge is -2.10. The van der Waals surface area contributed by atoms with Crippen LogP contribution in [0.2, 0.25) is 0 Å². The number of hydrogen-bond donors (Lipinski definition) is 1. The Morgan fingerprint density at radius 2 is 1.88 bits per heavy atom. The Morgan fingerprint density at radius 3 is 2.44 bits per heavy atom. The number of nitrogens with one attached hydrogen (secondary N) is 1. The summed E-state index contributed by atoms with van der Waals surface area (Å²) in [5.41, 5.74) is 2.37. The van der Waals surface area contributed by atoms with Crippen LogP contribution < -0.4 is 5.32 Å². The quantitative estimate of drug-likeness (QED) is 0.625. The standard InChI is InChI=1S/C13H17NO2/c1-4-16-13(15)10(2)11(3)14-12-8-6-5-7-9-12/h5-9,14H,4H2,1-3H3. The molecule has 0 fully saturated rings. The summed E-state index contributed by atoms with van der Waals surface area (Å²) in [4.78, 5) is 11.5. The molecule has 3 nitrogen and oxygen atoms in total. The molecule has 1 rings (SSSR count). The summed E-state index contributed by atoms with van der Waals surface area (Å²) in [6.07, 6.45) is 0. The molecule has 0 heterocycles. The molecule has 0 aromatic heterocycles. The zero-order chi connectivity index (χ0) is 12.0. The monoisotopic (exact) mass is 219 g/mol. The maximum absolute atomic E-state index is 11.5. The number of anilines is 1. The van der Waals surface area contributed by atoms with Gasteiger partial charge in [0.25, 0.3) is 0 Å². The van der Waals surface area contributed by atoms with Crippen LogP contribution in [0.25, 0.3) is 0 Å². The number of benzene rings is 1. The molecule has 0 saturated heterocycles. The van der Waals surface area contributed by atoms with E-state index in [1.165, 1.54) is 0 Å². The van der Waals surface area contributed by atoms with Gasteiger partial charge in [-0.25, -0.2) is 4.79 Å². The molecular weight excluding hydrogens is 202 g/mol. The molecular formula is C13H17NO2. The Hall–Kier alpha value is -1.77. The Balaban J connectivity index is 2.73. The fourth-order valence-electron chi connectivity index (χ4n) is 1.22. The number of rotatable bonds is 4. The summed E-state index contributed by atoms with van der Waals surface area (Å²) in [6.45, 7) is 5.81. The van der Waals surface area contributed by atoms with E-state index in [-0.39, 0.29) is 5.97 Å². The Bertz CT molecular complexity index is 382. The molecule has 0 atom stereocenters. The highest BCUT2D eigenvalue weighted by molar-refractivity contribution is 5.89. The van der Waals surface area contributed by atoms with Gasteiger partial charge in [-0.1, -0.05) is 18.2 Å². The summed E-state index contributed by atoms with van der Waals surface area (Å²) in [7, 11) is 0. The fourth-order valence-corrected chi connectivity index (χ4v) is 1.22. The van der Waals surface area contributed by atoms with Crippen molar-refractivity contribution in [3.63, 3.8) is 0 Å². The van der Waals surface area contributed by atoms with Crippen LogP contribution in [-0.2, 0) is 9.53 Å². The fraction of sp³-hybridized carbons (Fsp3) is 0.308. The van der Waals surface area contributed by atoms with Crippen molar-refractivity contribution in [1.82, 2.24) is 0 Å². The maximum atomic E-state index is 11.5. The Morgan fingerprint density at radius 1 is 1.25 bits per heavy atom. The van der Waals surface area contributed by atoms with E-state index in [4.69, 9.17) is 4.74 Å². The smallest absolute Gasteiger partial charge is 0.335 e. The predicted molar refractivity (Wildman–Crippen MR) is 65.1 cm³/mol. The zero-order valence-electron chi connectivity index (χ0n) is 9.91. The van der Waals surface area contributed by atoms with Crippen LogP contribution in [0.5, 0.6) is 0 Å². The highest BCUT2D eigenvalue weighted by Gasteiger charge is 2.08. The average molecular weight is 219 g/mol. The maximum Gasteiger partial charge on any atom is 0.335 e. The molecule has 0 aliphatic rings. The SMILES string of the molecule is CCOC(=O)C(C)=C(C)Nc1ccccc1. The molecule has 0 unspecified atom stereocenters. The van der Waals surface area contributed by atoms with E-state index in [1.54, 1.807) is 13.8 Å². The van der Waals surface area contributed by atoms with Gasteiger partial charge in [0.1, 0.15) is 0 Å². The van der Waals surface area contributed by atoms with E-state index in [0.717, 1.165) is 11.4 Å². The zero-order valence-corrected chi connectivity index (χ0v) is 9.91. The molecule has 1 aromatic carbocycles. The molecule has 1 N–H and O–H groups in total. The third-order valence-corrected chi connectivity index (χ3v) is 2.25. The number of ether oxygens (including phenoxy) is 1. The highest BCUT2D eigenvalue weighted by Crippen LogP contribution is 2.12. The number of esters is 1. The second-order valence-corrected chi connectivity index (χ2v) is 3.46. The van der Waals surface area contributed by atoms with Crippen molar-refractivity contribution >= 4 is 11.7 Å². The van der Waals surface area contributed by atoms with Gasteiger partial charge in [0.15, 0.2) is 0 Å². The van der Waals surface area contributed by atoms with Crippen molar-refractivity contribution in [2.75, 3.05) is 11.9 Å². The molecule has 16 heavy (non-hydrogen) atoms. The second-order valence-electron chi connectivity index (χ2n) is 3.46. The van der Waals surface area contributed by atoms with Crippen LogP contribution in [0.1, 0.15) is 20.8 Å². The van der Waals surface area contributed by atoms with Crippen LogP contribution in [0, 0.1) is 0 Å². The summed E-state index contributed by atoms with van der Waals surface area (Å²) in [5.74, 6) is -0.275. The van der Waals surface area contributed by atoms with Gasteiger partial charge in [0.2, 0.25) is 0 Å². The van der Waals surface area contributed by atoms with Gasteiger partial charge in [-0.2, -0.15) is 0 Å². The minimum absolute atomic E-state index is 0.275. The van der Waals surface area contributed by atoms with Crippen LogP contribution >= 0.6 is 0 Å². The number of para-hydroxylation sites is 1. The number of carbonyl (C=O) groups excluding carboxylic acids is 1. The number of allylic oxidation sites excluding steroid dienone is 1. The second kappa shape index (κ2) is 5.95. The van der Waals surface area contributed by atoms with Crippen molar-refractivity contribution < 1.29 is 9.53 Å². The van der Waals surface area contributed by atoms with Crippen molar-refractivity contribution in [2.24, 2.45) is 0 Å². The first-order chi connectivity index (χ1) is 7.65. The molecule has 0 bridgehead atoms. The molecule has 0 aliphatic carbocycles. The number of carbonyl (C=O) groups is 1. The highest BCUT2D eigenvalue weighted by atomic mass is 16.5. The molecule has 0 saturated carbocycles. The minimum atomic E-state index is -0.275. The molecule has 0 radical (unpaired) electrons. The van der Waals surface area contributed by atoms with Gasteiger partial charge in [-0.15, -0.1) is 0 Å². The molecule has 0 amide bonds. The molecule has 0 aliphatic heterocycles. The predicted octanol–water partition coefficient (Wildman–Crippen LogP) is 2.96. The molecule has 3 heteroatoms. The number of hydrogen-bond acceptors (Lipinski definition) is 3. The van der Waals surface area contributed by atoms with Crippen LogP contribution in [-0.4, -0.2) is 12.6 Å². The molecule has 1 aromatic rings. The topological polar surface area (TPSA) is 38.3 Å². The first kappa shape index (κ1) is 12.3. The summed E-state index contributed by atoms with van der Waals surface area (Å²) < 4.78 is 4.93. The average Bonchev–Trinajstić information content (AvgIpc) is 2.29. The van der Waals surface area contributed by atoms with Gasteiger partial charge in [-0.05, 0) is 32.9 Å². The van der Waals surface area contributed by atoms with Gasteiger partial charge < -0.3 is 10.1 Å². The third-order valence-electron chi connectivity index (χ3n) is 2.25. The van der Waals surface area contributed by atoms with Crippen molar-refractivity contribution in [3.05, 3.63) is 41.6 Å².